The van der Waals surface area contributed by atoms with Crippen LogP contribution in [0.25, 0.3) is 0 Å². The number of pyridine rings is 1. The summed E-state index contributed by atoms with van der Waals surface area (Å²) in [5, 5.41) is 2.55. The fourth-order valence-corrected chi connectivity index (χ4v) is 1.81. The molecule has 1 N–H and O–H groups in total. The van der Waals surface area contributed by atoms with Crippen molar-refractivity contribution in [3.8, 4) is 0 Å². The van der Waals surface area contributed by atoms with Crippen LogP contribution >= 0.6 is 0 Å². The molecule has 0 aliphatic carbocycles. The lowest BCUT2D eigenvalue weighted by Crippen LogP contribution is -2.38. The molecule has 0 saturated heterocycles. The van der Waals surface area contributed by atoms with Crippen LogP contribution < -0.4 is 9.88 Å². The molecule has 1 heterocycles. The molecule has 138 valence electrons. The lowest BCUT2D eigenvalue weighted by Gasteiger charge is -2.15. The molecule has 0 atom stereocenters. The quantitative estimate of drug-likeness (QED) is 0.306. The number of nitrogens with zero attached hydrogens (tertiary/aromatic N) is 2. The monoisotopic (exact) mass is 355 g/mol. The van der Waals surface area contributed by atoms with E-state index in [4.69, 9.17) is 4.74 Å². The second kappa shape index (κ2) is 9.55. The van der Waals surface area contributed by atoms with E-state index in [1.54, 1.807) is 29.1 Å². The van der Waals surface area contributed by atoms with Crippen molar-refractivity contribution < 1.29 is 33.7 Å². The first-order valence-corrected chi connectivity index (χ1v) is 7.78. The first-order valence-electron chi connectivity index (χ1n) is 7.78. The summed E-state index contributed by atoms with van der Waals surface area (Å²) in [5.41, 5.74) is 0.244. The molecular weight excluding hydrogens is 330 g/mol. The van der Waals surface area contributed by atoms with E-state index in [1.165, 1.54) is 7.11 Å². The van der Waals surface area contributed by atoms with E-state index in [0.29, 0.717) is 12.0 Å². The van der Waals surface area contributed by atoms with E-state index < -0.39 is 0 Å². The molecule has 0 aliphatic rings. The molecule has 1 rings (SSSR count). The first kappa shape index (κ1) is 20.3. The molecule has 0 aromatic carbocycles. The van der Waals surface area contributed by atoms with E-state index in [9.17, 15) is 14.5 Å². The number of amides is 1. The van der Waals surface area contributed by atoms with Crippen molar-refractivity contribution >= 4 is 11.9 Å². The predicted molar refractivity (Wildman–Crippen MR) is 85.7 cm³/mol. The van der Waals surface area contributed by atoms with Crippen LogP contribution in [0.4, 0.5) is 0 Å². The molecule has 0 spiro atoms. The van der Waals surface area contributed by atoms with Gasteiger partial charge in [-0.25, -0.2) is 0 Å². The molecule has 1 amide bonds. The Labute approximate surface area is 146 Å². The van der Waals surface area contributed by atoms with Crippen LogP contribution in [0.2, 0.25) is 0 Å². The molecule has 25 heavy (non-hydrogen) atoms. The number of esters is 1. The molecule has 0 fully saturated rings. The first-order chi connectivity index (χ1) is 11.7. The number of ether oxygens (including phenoxy) is 1. The van der Waals surface area contributed by atoms with Crippen molar-refractivity contribution in [3.63, 3.8) is 0 Å². The third kappa shape index (κ3) is 8.63. The zero-order valence-electron chi connectivity index (χ0n) is 15.0. The summed E-state index contributed by atoms with van der Waals surface area (Å²) in [4.78, 5) is 43.3. The molecule has 0 saturated carbocycles. The Morgan fingerprint density at radius 1 is 1.32 bits per heavy atom. The van der Waals surface area contributed by atoms with E-state index >= 15 is 0 Å². The highest BCUT2D eigenvalue weighted by Gasteiger charge is 2.18. The van der Waals surface area contributed by atoms with Gasteiger partial charge in [0.05, 0.1) is 13.0 Å². The van der Waals surface area contributed by atoms with Crippen molar-refractivity contribution in [2.75, 3.05) is 20.3 Å². The molecule has 1 aromatic rings. The Bertz CT molecular complexity index is 612. The van der Waals surface area contributed by atoms with Gasteiger partial charge in [0.1, 0.15) is 10.5 Å². The zero-order chi connectivity index (χ0) is 18.9. The Hall–Kier alpha value is -2.71. The maximum atomic E-state index is 12.0. The number of aromatic nitrogens is 1. The van der Waals surface area contributed by atoms with Crippen LogP contribution in [0.5, 0.6) is 0 Å². The van der Waals surface area contributed by atoms with Gasteiger partial charge in [-0.2, -0.15) is 14.2 Å². The minimum atomic E-state index is -0.339. The molecule has 9 nitrogen and oxygen atoms in total. The average Bonchev–Trinajstić information content (AvgIpc) is 2.55. The standard InChI is InChI=1S/C16H24N3O6/c1-16(2,3)10-14(20)24-12-18-8-5-6-13(11-18)15(21)17-7-9-25-19(22)23-4/h5-6,8,11H,7,9-10,12H2,1-4H3/q+1/p+1. The Morgan fingerprint density at radius 3 is 2.68 bits per heavy atom. The van der Waals surface area contributed by atoms with E-state index in [0.717, 1.165) is 0 Å². The highest BCUT2D eigenvalue weighted by atomic mass is 17.0. The Morgan fingerprint density at radius 2 is 2.04 bits per heavy atom. The third-order valence-electron chi connectivity index (χ3n) is 2.90. The van der Waals surface area contributed by atoms with Crippen molar-refractivity contribution in [1.82, 2.24) is 5.32 Å². The maximum absolute atomic E-state index is 12.0. The van der Waals surface area contributed by atoms with Crippen LogP contribution in [-0.4, -0.2) is 37.2 Å². The topological polar surface area (TPSA) is 97.8 Å². The molecular formula is C16H25N3O6+2. The van der Waals surface area contributed by atoms with Crippen LogP contribution in [0.1, 0.15) is 37.6 Å². The number of carbonyl (C=O) groups is 2. The van der Waals surface area contributed by atoms with Crippen molar-refractivity contribution in [2.24, 2.45) is 5.41 Å². The van der Waals surface area contributed by atoms with Gasteiger partial charge in [-0.15, -0.1) is 0 Å². The zero-order valence-corrected chi connectivity index (χ0v) is 15.0. The number of nitrogens with one attached hydrogen (secondary N) is 1. The highest BCUT2D eigenvalue weighted by Crippen LogP contribution is 2.18. The minimum absolute atomic E-state index is 0.0259. The Balaban J connectivity index is 2.47. The van der Waals surface area contributed by atoms with Gasteiger partial charge in [0, 0.05) is 6.07 Å². The fraction of sp³-hybridized carbons (Fsp3) is 0.562. The summed E-state index contributed by atoms with van der Waals surface area (Å²) in [6, 6.07) is 3.30. The molecule has 0 bridgehead atoms. The van der Waals surface area contributed by atoms with Gasteiger partial charge in [-0.1, -0.05) is 20.8 Å². The van der Waals surface area contributed by atoms with Crippen LogP contribution in [0.15, 0.2) is 24.5 Å². The van der Waals surface area contributed by atoms with Crippen molar-refractivity contribution in [1.29, 1.82) is 0 Å². The van der Waals surface area contributed by atoms with E-state index in [-0.39, 0.29) is 42.3 Å². The predicted octanol–water partition coefficient (Wildman–Crippen LogP) is 0.913. The van der Waals surface area contributed by atoms with Crippen LogP contribution in [0, 0.1) is 10.3 Å². The lowest BCUT2D eigenvalue weighted by molar-refractivity contribution is -0.976. The molecule has 0 aliphatic heterocycles. The summed E-state index contributed by atoms with van der Waals surface area (Å²) in [5.74, 6) is -0.638. The summed E-state index contributed by atoms with van der Waals surface area (Å²) in [7, 11) is 1.17. The van der Waals surface area contributed by atoms with Crippen molar-refractivity contribution in [2.45, 2.75) is 33.9 Å². The van der Waals surface area contributed by atoms with Crippen LogP contribution in [-0.2, 0) is 25.9 Å². The Kier molecular flexibility index (Phi) is 7.77. The molecule has 0 radical (unpaired) electrons. The summed E-state index contributed by atoms with van der Waals surface area (Å²) in [6.45, 7) is 5.99. The molecule has 0 unspecified atom stereocenters. The van der Waals surface area contributed by atoms with Crippen molar-refractivity contribution in [3.05, 3.63) is 35.0 Å². The van der Waals surface area contributed by atoms with Gasteiger partial charge in [-0.05, 0) is 11.5 Å². The maximum Gasteiger partial charge on any atom is 0.477 e. The van der Waals surface area contributed by atoms with E-state index in [1.807, 2.05) is 20.8 Å². The molecule has 1 aromatic heterocycles. The SMILES string of the molecule is CO[N+](=O)OCCNC(=O)c1ccc[n+](COC(=O)CC(C)(C)C)c1. The highest BCUT2D eigenvalue weighted by molar-refractivity contribution is 5.93. The second-order valence-corrected chi connectivity index (χ2v) is 6.49. The molecule has 9 heteroatoms. The van der Waals surface area contributed by atoms with Gasteiger partial charge in [-0.3, -0.25) is 9.59 Å². The number of rotatable bonds is 9. The lowest BCUT2D eigenvalue weighted by atomic mass is 9.93. The van der Waals surface area contributed by atoms with E-state index in [2.05, 4.69) is 15.0 Å². The largest absolute Gasteiger partial charge is 0.477 e. The fourth-order valence-electron chi connectivity index (χ4n) is 1.81. The van der Waals surface area contributed by atoms with Gasteiger partial charge in [0.2, 0.25) is 0 Å². The minimum Gasteiger partial charge on any atom is -0.405 e. The summed E-state index contributed by atoms with van der Waals surface area (Å²) in [6.07, 6.45) is 3.57. The van der Waals surface area contributed by atoms with Gasteiger partial charge >= 0.3 is 11.1 Å². The number of hydrogen-bond acceptors (Lipinski definition) is 6. The number of hydrogen-bond donors (Lipinski definition) is 1. The van der Waals surface area contributed by atoms with Gasteiger partial charge < -0.3 is 10.1 Å². The summed E-state index contributed by atoms with van der Waals surface area (Å²) >= 11 is 0. The number of carbonyl (C=O) groups excluding carboxylic acids is 2. The van der Waals surface area contributed by atoms with Crippen LogP contribution in [0.3, 0.4) is 0 Å². The normalized spacial score (nSPS) is 10.7. The smallest absolute Gasteiger partial charge is 0.405 e. The summed E-state index contributed by atoms with van der Waals surface area (Å²) < 4.78 is 6.79. The average molecular weight is 355 g/mol. The van der Waals surface area contributed by atoms with Gasteiger partial charge in [0.25, 0.3) is 12.6 Å². The second-order valence-electron chi connectivity index (χ2n) is 6.49. The third-order valence-corrected chi connectivity index (χ3v) is 2.90. The van der Waals surface area contributed by atoms with Gasteiger partial charge in [0.15, 0.2) is 26.1 Å².